The number of hydrogen-bond donors (Lipinski definition) is 0. The molecule has 120 valence electrons. The lowest BCUT2D eigenvalue weighted by molar-refractivity contribution is 0.0988. The number of anilines is 1. The third-order valence-corrected chi connectivity index (χ3v) is 3.91. The highest BCUT2D eigenvalue weighted by molar-refractivity contribution is 6.34. The number of amides is 1. The molecule has 0 unspecified atom stereocenters. The van der Waals surface area contributed by atoms with Gasteiger partial charge in [0.2, 0.25) is 0 Å². The molecule has 1 aliphatic heterocycles. The Morgan fingerprint density at radius 1 is 1.00 bits per heavy atom. The molecule has 1 heterocycles. The molecule has 8 heteroatoms. The van der Waals surface area contributed by atoms with Crippen molar-refractivity contribution < 1.29 is 26.7 Å². The molecular formula is C15H7ClF5NO. The maximum atomic E-state index is 14.0. The molecular weight excluding hydrogens is 341 g/mol. The fourth-order valence-corrected chi connectivity index (χ4v) is 2.77. The van der Waals surface area contributed by atoms with Crippen LogP contribution in [0.1, 0.15) is 15.9 Å². The second-order valence-electron chi connectivity index (χ2n) is 4.91. The number of carbonyl (C=O) groups excluding carboxylic acids is 1. The molecule has 2 nitrogen and oxygen atoms in total. The lowest BCUT2D eigenvalue weighted by Gasteiger charge is -2.19. The van der Waals surface area contributed by atoms with Crippen molar-refractivity contribution in [2.75, 3.05) is 11.4 Å². The van der Waals surface area contributed by atoms with Crippen molar-refractivity contribution in [1.82, 2.24) is 0 Å². The average molecular weight is 348 g/mol. The van der Waals surface area contributed by atoms with E-state index in [1.54, 1.807) is 0 Å². The van der Waals surface area contributed by atoms with Crippen LogP contribution in [0.15, 0.2) is 18.2 Å². The zero-order valence-electron chi connectivity index (χ0n) is 11.3. The Morgan fingerprint density at radius 2 is 1.65 bits per heavy atom. The van der Waals surface area contributed by atoms with Crippen LogP contribution >= 0.6 is 11.6 Å². The summed E-state index contributed by atoms with van der Waals surface area (Å²) in [5.41, 5.74) is -1.25. The second-order valence-corrected chi connectivity index (χ2v) is 5.32. The number of halogens is 6. The summed E-state index contributed by atoms with van der Waals surface area (Å²) in [5, 5.41) is -0.230. The molecule has 23 heavy (non-hydrogen) atoms. The van der Waals surface area contributed by atoms with Crippen molar-refractivity contribution in [3.05, 3.63) is 63.4 Å². The number of rotatable bonds is 1. The number of carbonyl (C=O) groups is 1. The highest BCUT2D eigenvalue weighted by Gasteiger charge is 2.36. The molecule has 0 atom stereocenters. The van der Waals surface area contributed by atoms with Crippen molar-refractivity contribution in [3.8, 4) is 0 Å². The molecule has 1 aliphatic rings. The Kier molecular flexibility index (Phi) is 3.75. The molecule has 2 aromatic rings. The summed E-state index contributed by atoms with van der Waals surface area (Å²) in [7, 11) is 0. The summed E-state index contributed by atoms with van der Waals surface area (Å²) in [4.78, 5) is 13.2. The van der Waals surface area contributed by atoms with Gasteiger partial charge in [-0.05, 0) is 24.6 Å². The number of benzene rings is 2. The van der Waals surface area contributed by atoms with E-state index in [-0.39, 0.29) is 23.6 Å². The summed E-state index contributed by atoms with van der Waals surface area (Å²) in [6.45, 7) is -0.182. The predicted molar refractivity (Wildman–Crippen MR) is 73.1 cm³/mol. The van der Waals surface area contributed by atoms with Crippen LogP contribution < -0.4 is 4.90 Å². The largest absolute Gasteiger partial charge is 0.305 e. The van der Waals surface area contributed by atoms with Crippen LogP contribution in [0.3, 0.4) is 0 Å². The Hall–Kier alpha value is -2.15. The minimum absolute atomic E-state index is 0.162. The van der Waals surface area contributed by atoms with Crippen LogP contribution in [-0.2, 0) is 6.42 Å². The Bertz CT molecular complexity index is 839. The molecule has 0 aliphatic carbocycles. The summed E-state index contributed by atoms with van der Waals surface area (Å²) >= 11 is 5.77. The normalized spacial score (nSPS) is 13.4. The van der Waals surface area contributed by atoms with Gasteiger partial charge in [0.25, 0.3) is 5.91 Å². The SMILES string of the molecule is O=C(c1ccc(F)cc1Cl)N1CCc2c(F)c(F)c(F)c(F)c21. The average Bonchev–Trinajstić information content (AvgIpc) is 2.95. The molecule has 0 N–H and O–H groups in total. The van der Waals surface area contributed by atoms with Crippen molar-refractivity contribution >= 4 is 23.2 Å². The summed E-state index contributed by atoms with van der Waals surface area (Å²) in [6, 6.07) is 2.93. The minimum atomic E-state index is -1.99. The molecule has 0 radical (unpaired) electrons. The van der Waals surface area contributed by atoms with Crippen LogP contribution in [0.2, 0.25) is 5.02 Å². The molecule has 1 amide bonds. The van der Waals surface area contributed by atoms with Crippen molar-refractivity contribution in [2.24, 2.45) is 0 Å². The minimum Gasteiger partial charge on any atom is -0.305 e. The first-order valence-electron chi connectivity index (χ1n) is 6.44. The van der Waals surface area contributed by atoms with Crippen LogP contribution in [0.4, 0.5) is 27.6 Å². The zero-order valence-corrected chi connectivity index (χ0v) is 12.0. The van der Waals surface area contributed by atoms with Gasteiger partial charge in [0.05, 0.1) is 16.3 Å². The maximum Gasteiger partial charge on any atom is 0.259 e. The van der Waals surface area contributed by atoms with Gasteiger partial charge in [-0.2, -0.15) is 0 Å². The smallest absolute Gasteiger partial charge is 0.259 e. The van der Waals surface area contributed by atoms with Gasteiger partial charge in [0, 0.05) is 12.1 Å². The first-order valence-corrected chi connectivity index (χ1v) is 6.82. The van der Waals surface area contributed by atoms with E-state index in [9.17, 15) is 26.7 Å². The number of hydrogen-bond acceptors (Lipinski definition) is 1. The quantitative estimate of drug-likeness (QED) is 0.429. The predicted octanol–water partition coefficient (Wildman–Crippen LogP) is 4.24. The molecule has 0 saturated carbocycles. The van der Waals surface area contributed by atoms with Gasteiger partial charge in [0.1, 0.15) is 5.82 Å². The van der Waals surface area contributed by atoms with E-state index in [1.165, 1.54) is 0 Å². The Morgan fingerprint density at radius 3 is 2.30 bits per heavy atom. The summed E-state index contributed by atoms with van der Waals surface area (Å²) in [6.07, 6.45) is -0.181. The maximum absolute atomic E-state index is 14.0. The monoisotopic (exact) mass is 347 g/mol. The van der Waals surface area contributed by atoms with Gasteiger partial charge in [-0.25, -0.2) is 22.0 Å². The van der Waals surface area contributed by atoms with Crippen LogP contribution in [0.5, 0.6) is 0 Å². The molecule has 0 spiro atoms. The van der Waals surface area contributed by atoms with Crippen molar-refractivity contribution in [1.29, 1.82) is 0 Å². The Labute approximate surface area is 132 Å². The lowest BCUT2D eigenvalue weighted by Crippen LogP contribution is -2.30. The fourth-order valence-electron chi connectivity index (χ4n) is 2.52. The highest BCUT2D eigenvalue weighted by atomic mass is 35.5. The van der Waals surface area contributed by atoms with Gasteiger partial charge in [-0.1, -0.05) is 11.6 Å². The van der Waals surface area contributed by atoms with Crippen LogP contribution in [-0.4, -0.2) is 12.5 Å². The molecule has 0 aromatic heterocycles. The van der Waals surface area contributed by atoms with E-state index in [2.05, 4.69) is 0 Å². The second kappa shape index (κ2) is 5.49. The molecule has 0 saturated heterocycles. The molecule has 2 aromatic carbocycles. The number of fused-ring (bicyclic) bond motifs is 1. The van der Waals surface area contributed by atoms with Gasteiger partial charge < -0.3 is 4.90 Å². The molecule has 0 bridgehead atoms. The van der Waals surface area contributed by atoms with Crippen molar-refractivity contribution in [3.63, 3.8) is 0 Å². The van der Waals surface area contributed by atoms with Crippen LogP contribution in [0.25, 0.3) is 0 Å². The van der Waals surface area contributed by atoms with Crippen molar-refractivity contribution in [2.45, 2.75) is 6.42 Å². The van der Waals surface area contributed by atoms with E-state index in [0.29, 0.717) is 0 Å². The Balaban J connectivity index is 2.11. The third kappa shape index (κ3) is 2.35. The molecule has 3 rings (SSSR count). The topological polar surface area (TPSA) is 20.3 Å². The standard InChI is InChI=1S/C15H7ClF5NO/c16-9-5-6(17)1-2-7(9)15(23)22-4-3-8-10(18)11(19)12(20)13(21)14(8)22/h1-2,5H,3-4H2. The van der Waals surface area contributed by atoms with E-state index in [1.807, 2.05) is 0 Å². The van der Waals surface area contributed by atoms with Gasteiger partial charge in [-0.3, -0.25) is 4.79 Å². The van der Waals surface area contributed by atoms with Gasteiger partial charge in [0.15, 0.2) is 23.3 Å². The first kappa shape index (κ1) is 15.7. The summed E-state index contributed by atoms with van der Waals surface area (Å²) < 4.78 is 67.4. The van der Waals surface area contributed by atoms with E-state index in [4.69, 9.17) is 11.6 Å². The highest BCUT2D eigenvalue weighted by Crippen LogP contribution is 2.37. The van der Waals surface area contributed by atoms with E-state index >= 15 is 0 Å². The third-order valence-electron chi connectivity index (χ3n) is 3.60. The van der Waals surface area contributed by atoms with E-state index in [0.717, 1.165) is 23.1 Å². The lowest BCUT2D eigenvalue weighted by atomic mass is 10.1. The zero-order chi connectivity index (χ0) is 16.9. The summed E-state index contributed by atoms with van der Waals surface area (Å²) in [5.74, 6) is -8.64. The van der Waals surface area contributed by atoms with Gasteiger partial charge in [-0.15, -0.1) is 0 Å². The molecule has 0 fully saturated rings. The van der Waals surface area contributed by atoms with E-state index < -0.39 is 46.2 Å². The van der Waals surface area contributed by atoms with Crippen LogP contribution in [0, 0.1) is 29.1 Å². The van der Waals surface area contributed by atoms with Gasteiger partial charge >= 0.3 is 0 Å². The number of nitrogens with zero attached hydrogens (tertiary/aromatic N) is 1. The fraction of sp³-hybridized carbons (Fsp3) is 0.133. The first-order chi connectivity index (χ1) is 10.8.